The molecule has 0 fully saturated rings. The molecule has 0 aliphatic heterocycles. The zero-order chi connectivity index (χ0) is 11.1. The van der Waals surface area contributed by atoms with Crippen molar-refractivity contribution in [1.29, 1.82) is 0 Å². The Bertz CT molecular complexity index is 339. The van der Waals surface area contributed by atoms with Gasteiger partial charge < -0.3 is 0 Å². The number of halogens is 6. The molecule has 0 N–H and O–H groups in total. The van der Waals surface area contributed by atoms with Crippen molar-refractivity contribution in [2.24, 2.45) is 0 Å². The van der Waals surface area contributed by atoms with E-state index in [-0.39, 0.29) is 10.6 Å². The summed E-state index contributed by atoms with van der Waals surface area (Å²) in [6.07, 6.45) is 0. The van der Waals surface area contributed by atoms with E-state index in [2.05, 4.69) is 0 Å². The molecular formula is C8H4Cl6. The molecule has 14 heavy (non-hydrogen) atoms. The molecule has 0 saturated carbocycles. The Hall–Kier alpha value is 0.960. The second-order valence-electron chi connectivity index (χ2n) is 2.68. The zero-order valence-corrected chi connectivity index (χ0v) is 11.4. The van der Waals surface area contributed by atoms with Crippen LogP contribution in [0.1, 0.15) is 11.1 Å². The minimum atomic E-state index is -1.68. The predicted octanol–water partition coefficient (Wildman–Crippen LogP) is 5.78. The van der Waals surface area contributed by atoms with Gasteiger partial charge in [0.1, 0.15) is 0 Å². The van der Waals surface area contributed by atoms with Crippen LogP contribution in [0.4, 0.5) is 0 Å². The minimum Gasteiger partial charge on any atom is -0.0835 e. The van der Waals surface area contributed by atoms with E-state index >= 15 is 0 Å². The predicted molar refractivity (Wildman–Crippen MR) is 65.4 cm³/mol. The second-order valence-corrected chi connectivity index (χ2v) is 6.12. The monoisotopic (exact) mass is 310 g/mol. The highest BCUT2D eigenvalue weighted by atomic mass is 35.6. The lowest BCUT2D eigenvalue weighted by Crippen LogP contribution is -2.04. The van der Waals surface area contributed by atoms with E-state index in [0.29, 0.717) is 15.6 Å². The Labute approximate surface area is 112 Å². The smallest absolute Gasteiger partial charge is 0.0835 e. The molecule has 0 amide bonds. The van der Waals surface area contributed by atoms with Crippen LogP contribution in [-0.2, 0) is 3.79 Å². The topological polar surface area (TPSA) is 0 Å². The van der Waals surface area contributed by atoms with Crippen LogP contribution in [0, 0.1) is 6.92 Å². The molecule has 0 saturated heterocycles. The first-order valence-corrected chi connectivity index (χ1v) is 5.73. The van der Waals surface area contributed by atoms with Gasteiger partial charge in [-0.25, -0.2) is 0 Å². The fourth-order valence-electron chi connectivity index (χ4n) is 0.979. The molecule has 0 spiro atoms. The van der Waals surface area contributed by atoms with Crippen molar-refractivity contribution in [3.8, 4) is 0 Å². The molecule has 1 aromatic carbocycles. The van der Waals surface area contributed by atoms with E-state index < -0.39 is 3.79 Å². The van der Waals surface area contributed by atoms with Crippen molar-refractivity contribution in [1.82, 2.24) is 0 Å². The Kier molecular flexibility index (Phi) is 4.14. The normalized spacial score (nSPS) is 11.9. The maximum Gasteiger partial charge on any atom is 0.218 e. The summed E-state index contributed by atoms with van der Waals surface area (Å²) in [6.45, 7) is 1.75. The summed E-state index contributed by atoms with van der Waals surface area (Å²) in [7, 11) is 0. The SMILES string of the molecule is Cc1cc(Cl)c(Cl)c(C(Cl)(Cl)Cl)c1Cl. The first-order valence-electron chi connectivity index (χ1n) is 3.46. The highest BCUT2D eigenvalue weighted by Gasteiger charge is 2.30. The highest BCUT2D eigenvalue weighted by Crippen LogP contribution is 2.48. The van der Waals surface area contributed by atoms with Gasteiger partial charge in [-0.1, -0.05) is 69.6 Å². The van der Waals surface area contributed by atoms with E-state index in [9.17, 15) is 0 Å². The number of benzene rings is 1. The highest BCUT2D eigenvalue weighted by molar-refractivity contribution is 6.68. The Morgan fingerprint density at radius 2 is 1.50 bits per heavy atom. The average Bonchev–Trinajstić information content (AvgIpc) is 1.98. The van der Waals surface area contributed by atoms with Gasteiger partial charge >= 0.3 is 0 Å². The van der Waals surface area contributed by atoms with E-state index in [1.54, 1.807) is 13.0 Å². The first-order chi connectivity index (χ1) is 6.25. The standard InChI is InChI=1S/C8H4Cl6/c1-3-2-4(9)7(11)5(6(3)10)8(12,13)14/h2H,1H3. The van der Waals surface area contributed by atoms with E-state index in [1.807, 2.05) is 0 Å². The molecule has 1 rings (SSSR count). The molecule has 78 valence electrons. The molecule has 0 aromatic heterocycles. The summed E-state index contributed by atoms with van der Waals surface area (Å²) in [4.78, 5) is 0. The van der Waals surface area contributed by atoms with Crippen LogP contribution >= 0.6 is 69.6 Å². The molecule has 1 aromatic rings. The molecule has 6 heteroatoms. The maximum atomic E-state index is 5.96. The quantitative estimate of drug-likeness (QED) is 0.420. The molecule has 0 aliphatic carbocycles. The number of hydrogen-bond acceptors (Lipinski definition) is 0. The van der Waals surface area contributed by atoms with Crippen LogP contribution in [0.15, 0.2) is 6.07 Å². The van der Waals surface area contributed by atoms with Crippen molar-refractivity contribution in [3.63, 3.8) is 0 Å². The first kappa shape index (κ1) is 13.0. The summed E-state index contributed by atoms with van der Waals surface area (Å²) in [5.41, 5.74) is 0.929. The summed E-state index contributed by atoms with van der Waals surface area (Å²) < 4.78 is -1.68. The largest absolute Gasteiger partial charge is 0.218 e. The molecule has 0 heterocycles. The Morgan fingerprint density at radius 3 is 1.93 bits per heavy atom. The summed E-state index contributed by atoms with van der Waals surface area (Å²) in [5, 5.41) is 0.802. The number of hydrogen-bond donors (Lipinski definition) is 0. The van der Waals surface area contributed by atoms with Gasteiger partial charge in [-0.3, -0.25) is 0 Å². The Balaban J connectivity index is 3.56. The van der Waals surface area contributed by atoms with Crippen LogP contribution in [0.3, 0.4) is 0 Å². The molecule has 0 radical (unpaired) electrons. The molecule has 0 nitrogen and oxygen atoms in total. The lowest BCUT2D eigenvalue weighted by molar-refractivity contribution is 1.22. The van der Waals surface area contributed by atoms with Crippen molar-refractivity contribution < 1.29 is 0 Å². The lowest BCUT2D eigenvalue weighted by atomic mass is 10.1. The average molecular weight is 313 g/mol. The van der Waals surface area contributed by atoms with Gasteiger partial charge in [-0.05, 0) is 18.6 Å². The van der Waals surface area contributed by atoms with Crippen LogP contribution < -0.4 is 0 Å². The van der Waals surface area contributed by atoms with Crippen LogP contribution in [-0.4, -0.2) is 0 Å². The van der Waals surface area contributed by atoms with E-state index in [0.717, 1.165) is 0 Å². The lowest BCUT2D eigenvalue weighted by Gasteiger charge is -2.17. The Morgan fingerprint density at radius 1 is 1.00 bits per heavy atom. The van der Waals surface area contributed by atoms with Crippen molar-refractivity contribution in [3.05, 3.63) is 32.3 Å². The van der Waals surface area contributed by atoms with E-state index in [1.165, 1.54) is 0 Å². The van der Waals surface area contributed by atoms with Gasteiger partial charge in [0.25, 0.3) is 0 Å². The van der Waals surface area contributed by atoms with Crippen LogP contribution in [0.25, 0.3) is 0 Å². The third kappa shape index (κ3) is 2.55. The van der Waals surface area contributed by atoms with Crippen molar-refractivity contribution in [2.45, 2.75) is 10.7 Å². The van der Waals surface area contributed by atoms with Gasteiger partial charge in [0, 0.05) is 5.56 Å². The van der Waals surface area contributed by atoms with Gasteiger partial charge in [-0.15, -0.1) is 0 Å². The molecule has 0 unspecified atom stereocenters. The summed E-state index contributed by atoms with van der Waals surface area (Å²) >= 11 is 34.8. The number of alkyl halides is 3. The molecule has 0 atom stereocenters. The fourth-order valence-corrected chi connectivity index (χ4v) is 2.72. The van der Waals surface area contributed by atoms with Crippen LogP contribution in [0.2, 0.25) is 15.1 Å². The fraction of sp³-hybridized carbons (Fsp3) is 0.250. The van der Waals surface area contributed by atoms with Gasteiger partial charge in [-0.2, -0.15) is 0 Å². The number of aryl methyl sites for hydroxylation is 1. The van der Waals surface area contributed by atoms with Crippen molar-refractivity contribution in [2.75, 3.05) is 0 Å². The molecule has 0 aliphatic rings. The van der Waals surface area contributed by atoms with E-state index in [4.69, 9.17) is 69.6 Å². The van der Waals surface area contributed by atoms with Gasteiger partial charge in [0.2, 0.25) is 3.79 Å². The number of rotatable bonds is 0. The molecule has 0 bridgehead atoms. The molecular weight excluding hydrogens is 309 g/mol. The second kappa shape index (κ2) is 4.45. The maximum absolute atomic E-state index is 5.96. The van der Waals surface area contributed by atoms with Crippen LogP contribution in [0.5, 0.6) is 0 Å². The van der Waals surface area contributed by atoms with Gasteiger partial charge in [0.05, 0.1) is 15.1 Å². The summed E-state index contributed by atoms with van der Waals surface area (Å²) in [6, 6.07) is 1.62. The van der Waals surface area contributed by atoms with Gasteiger partial charge in [0.15, 0.2) is 0 Å². The zero-order valence-electron chi connectivity index (χ0n) is 6.85. The van der Waals surface area contributed by atoms with Crippen molar-refractivity contribution >= 4 is 69.6 Å². The minimum absolute atomic E-state index is 0.169. The summed E-state index contributed by atoms with van der Waals surface area (Å²) in [5.74, 6) is 0. The third-order valence-electron chi connectivity index (χ3n) is 1.62. The third-order valence-corrected chi connectivity index (χ3v) is 3.46.